The smallest absolute Gasteiger partial charge is 0.254 e. The maximum Gasteiger partial charge on any atom is 0.254 e. The third kappa shape index (κ3) is 4.73. The molecule has 1 amide bonds. The monoisotopic (exact) mass is 550 g/mol. The molecule has 0 unspecified atom stereocenters. The first-order chi connectivity index (χ1) is 19.3. The molecule has 6 rings (SSSR count). The summed E-state index contributed by atoms with van der Waals surface area (Å²) in [6.45, 7) is 1.48. The minimum atomic E-state index is -1.47. The molecule has 4 heterocycles. The second-order valence-corrected chi connectivity index (χ2v) is 10.3. The number of carbonyl (C=O) groups is 1. The van der Waals surface area contributed by atoms with Gasteiger partial charge < -0.3 is 34.4 Å². The van der Waals surface area contributed by atoms with E-state index in [4.69, 9.17) is 4.74 Å². The minimum absolute atomic E-state index is 0.332. The van der Waals surface area contributed by atoms with Crippen LogP contribution in [0.5, 0.6) is 0 Å². The van der Waals surface area contributed by atoms with Gasteiger partial charge >= 0.3 is 0 Å². The molecule has 2 fully saturated rings. The van der Waals surface area contributed by atoms with Crippen molar-refractivity contribution in [2.45, 2.75) is 30.5 Å². The molecule has 2 aromatic heterocycles. The summed E-state index contributed by atoms with van der Waals surface area (Å²) < 4.78 is 22.8. The van der Waals surface area contributed by atoms with E-state index in [0.717, 1.165) is 16.6 Å². The Balaban J connectivity index is 1.17. The van der Waals surface area contributed by atoms with Gasteiger partial charge in [-0.15, -0.1) is 5.10 Å². The number of fused-ring (bicyclic) bond motifs is 1. The van der Waals surface area contributed by atoms with E-state index in [1.54, 1.807) is 11.0 Å². The Bertz CT molecular complexity index is 1520. The van der Waals surface area contributed by atoms with E-state index in [1.807, 2.05) is 13.2 Å². The zero-order valence-corrected chi connectivity index (χ0v) is 21.9. The summed E-state index contributed by atoms with van der Waals surface area (Å²) in [7, 11) is 2.01. The molecule has 0 bridgehead atoms. The van der Waals surface area contributed by atoms with E-state index >= 15 is 0 Å². The van der Waals surface area contributed by atoms with Crippen LogP contribution in [0.4, 0.5) is 10.1 Å². The summed E-state index contributed by atoms with van der Waals surface area (Å²) in [6.07, 6.45) is -1.79. The van der Waals surface area contributed by atoms with Crippen molar-refractivity contribution in [2.24, 2.45) is 7.05 Å². The van der Waals surface area contributed by atoms with Gasteiger partial charge in [-0.05, 0) is 36.4 Å². The number of carbonyl (C=O) groups excluding carboxylic acids is 1. The molecule has 5 atom stereocenters. The predicted molar refractivity (Wildman–Crippen MR) is 144 cm³/mol. The van der Waals surface area contributed by atoms with Gasteiger partial charge in [0.2, 0.25) is 0 Å². The Kier molecular flexibility index (Phi) is 7.00. The standard InChI is InChI=1S/C28H31FN6O5/c1-32-8-7-18-14-20(5-6-22(18)32)33-9-11-34(12-10-33)28(39)27-26(38)24(25(37)23(16-36)40-27)35-15-21(30-31-35)17-3-2-4-19(29)13-17/h2-8,13-15,23-27,36-38H,9-12,16H2,1H3/t23-,24+,25+,26-,27-/m1/s1. The molecule has 2 aliphatic rings. The molecule has 0 spiro atoms. The Morgan fingerprint density at radius 3 is 2.62 bits per heavy atom. The number of amides is 1. The van der Waals surface area contributed by atoms with Crippen LogP contribution in [0.3, 0.4) is 0 Å². The first-order valence-corrected chi connectivity index (χ1v) is 13.2. The number of ether oxygens (including phenoxy) is 1. The summed E-state index contributed by atoms with van der Waals surface area (Å²) in [6, 6.07) is 13.0. The summed E-state index contributed by atoms with van der Waals surface area (Å²) in [5, 5.41) is 41.3. The number of halogens is 1. The number of aliphatic hydroxyl groups is 3. The van der Waals surface area contributed by atoms with Crippen LogP contribution in [0.25, 0.3) is 22.2 Å². The van der Waals surface area contributed by atoms with Crippen LogP contribution in [0.15, 0.2) is 60.9 Å². The first-order valence-electron chi connectivity index (χ1n) is 13.2. The maximum atomic E-state index is 13.7. The molecule has 210 valence electrons. The normalized spacial score (nSPS) is 25.5. The zero-order valence-electron chi connectivity index (χ0n) is 21.9. The number of anilines is 1. The average molecular weight is 551 g/mol. The predicted octanol–water partition coefficient (Wildman–Crippen LogP) is 0.947. The quantitative estimate of drug-likeness (QED) is 0.335. The number of aliphatic hydroxyl groups excluding tert-OH is 3. The fraction of sp³-hybridized carbons (Fsp3) is 0.393. The lowest BCUT2D eigenvalue weighted by molar-refractivity contribution is -0.211. The molecule has 12 heteroatoms. The molecule has 2 aliphatic heterocycles. The number of rotatable bonds is 5. The van der Waals surface area contributed by atoms with E-state index in [-0.39, 0.29) is 0 Å². The third-order valence-corrected chi connectivity index (χ3v) is 7.90. The van der Waals surface area contributed by atoms with Gasteiger partial charge in [-0.3, -0.25) is 4.79 Å². The molecule has 0 radical (unpaired) electrons. The highest BCUT2D eigenvalue weighted by Crippen LogP contribution is 2.32. The van der Waals surface area contributed by atoms with Crippen LogP contribution in [-0.2, 0) is 16.6 Å². The molecule has 2 saturated heterocycles. The van der Waals surface area contributed by atoms with Crippen molar-refractivity contribution in [3.8, 4) is 11.3 Å². The average Bonchev–Trinajstić information content (AvgIpc) is 3.60. The molecule has 11 nitrogen and oxygen atoms in total. The highest BCUT2D eigenvalue weighted by atomic mass is 19.1. The zero-order chi connectivity index (χ0) is 28.0. The van der Waals surface area contributed by atoms with Gasteiger partial charge in [-0.1, -0.05) is 17.3 Å². The first kappa shape index (κ1) is 26.4. The molecule has 0 aliphatic carbocycles. The van der Waals surface area contributed by atoms with Crippen LogP contribution < -0.4 is 4.90 Å². The molecule has 40 heavy (non-hydrogen) atoms. The Morgan fingerprint density at radius 2 is 1.88 bits per heavy atom. The number of aryl methyl sites for hydroxylation is 1. The van der Waals surface area contributed by atoms with E-state index in [9.17, 15) is 24.5 Å². The number of aromatic nitrogens is 4. The molecular formula is C28H31FN6O5. The Labute approximate surface area is 229 Å². The van der Waals surface area contributed by atoms with Gasteiger partial charge in [0.15, 0.2) is 6.10 Å². The van der Waals surface area contributed by atoms with Crippen LogP contribution in [-0.4, -0.2) is 103 Å². The number of hydrogen-bond donors (Lipinski definition) is 3. The summed E-state index contributed by atoms with van der Waals surface area (Å²) >= 11 is 0. The van der Waals surface area contributed by atoms with Gasteiger partial charge in [-0.2, -0.15) is 0 Å². The van der Waals surface area contributed by atoms with Crippen molar-refractivity contribution < 1.29 is 29.2 Å². The highest BCUT2D eigenvalue weighted by Gasteiger charge is 2.49. The van der Waals surface area contributed by atoms with E-state index in [2.05, 4.69) is 44.0 Å². The van der Waals surface area contributed by atoms with Gasteiger partial charge in [0.1, 0.15) is 35.9 Å². The van der Waals surface area contributed by atoms with Crippen molar-refractivity contribution >= 4 is 22.5 Å². The maximum absolute atomic E-state index is 13.7. The van der Waals surface area contributed by atoms with Gasteiger partial charge in [0.05, 0.1) is 12.8 Å². The highest BCUT2D eigenvalue weighted by molar-refractivity contribution is 5.84. The van der Waals surface area contributed by atoms with E-state index in [0.29, 0.717) is 37.4 Å². The van der Waals surface area contributed by atoms with Crippen LogP contribution in [0.1, 0.15) is 6.04 Å². The minimum Gasteiger partial charge on any atom is -0.394 e. The number of benzene rings is 2. The van der Waals surface area contributed by atoms with Crippen molar-refractivity contribution in [1.29, 1.82) is 0 Å². The number of hydrogen-bond acceptors (Lipinski definition) is 8. The SMILES string of the molecule is Cn1ccc2cc(N3CCN(C(=O)[C@@H]4O[C@H](CO)[C@H](O)[C@H](n5cc(-c6cccc(F)c6)nn5)[C@H]4O)CC3)ccc21. The Hall–Kier alpha value is -3.84. The lowest BCUT2D eigenvalue weighted by atomic mass is 9.91. The molecule has 4 aromatic rings. The largest absolute Gasteiger partial charge is 0.394 e. The van der Waals surface area contributed by atoms with Crippen LogP contribution in [0, 0.1) is 5.82 Å². The molecule has 3 N–H and O–H groups in total. The second kappa shape index (κ2) is 10.6. The molecule has 0 saturated carbocycles. The van der Waals surface area contributed by atoms with Crippen LogP contribution >= 0.6 is 0 Å². The van der Waals surface area contributed by atoms with Crippen molar-refractivity contribution in [3.63, 3.8) is 0 Å². The Morgan fingerprint density at radius 1 is 1.07 bits per heavy atom. The fourth-order valence-electron chi connectivity index (χ4n) is 5.65. The van der Waals surface area contributed by atoms with Gasteiger partial charge in [0, 0.05) is 61.6 Å². The lowest BCUT2D eigenvalue weighted by Gasteiger charge is -2.44. The molecule has 2 aromatic carbocycles. The number of nitrogens with zero attached hydrogens (tertiary/aromatic N) is 6. The second-order valence-electron chi connectivity index (χ2n) is 10.3. The van der Waals surface area contributed by atoms with Crippen LogP contribution in [0.2, 0.25) is 0 Å². The summed E-state index contributed by atoms with van der Waals surface area (Å²) in [4.78, 5) is 17.4. The van der Waals surface area contributed by atoms with E-state index < -0.39 is 48.8 Å². The molecular weight excluding hydrogens is 519 g/mol. The van der Waals surface area contributed by atoms with Crippen molar-refractivity contribution in [3.05, 3.63) is 66.7 Å². The summed E-state index contributed by atoms with van der Waals surface area (Å²) in [5.74, 6) is -0.864. The lowest BCUT2D eigenvalue weighted by Crippen LogP contribution is -2.62. The van der Waals surface area contributed by atoms with Crippen molar-refractivity contribution in [1.82, 2.24) is 24.5 Å². The van der Waals surface area contributed by atoms with E-state index in [1.165, 1.54) is 29.1 Å². The fourth-order valence-corrected chi connectivity index (χ4v) is 5.65. The third-order valence-electron chi connectivity index (χ3n) is 7.90. The van der Waals surface area contributed by atoms with Crippen molar-refractivity contribution in [2.75, 3.05) is 37.7 Å². The summed E-state index contributed by atoms with van der Waals surface area (Å²) in [5.41, 5.74) is 3.02. The topological polar surface area (TPSA) is 129 Å². The van der Waals surface area contributed by atoms with Gasteiger partial charge in [-0.25, -0.2) is 9.07 Å². The van der Waals surface area contributed by atoms with Gasteiger partial charge in [0.25, 0.3) is 5.91 Å². The number of piperazine rings is 1.